The average molecular weight is 435 g/mol. The molecule has 1 aromatic heterocycles. The molecule has 2 heterocycles. The molecule has 0 atom stereocenters. The number of ether oxygens (including phenoxy) is 2. The first kappa shape index (κ1) is 21.5. The molecule has 0 bridgehead atoms. The van der Waals surface area contributed by atoms with Crippen LogP contribution in [0.25, 0.3) is 5.57 Å². The van der Waals surface area contributed by atoms with Crippen LogP contribution in [-0.4, -0.2) is 57.2 Å². The van der Waals surface area contributed by atoms with Crippen molar-refractivity contribution in [3.63, 3.8) is 0 Å². The molecular weight excluding hydrogens is 412 g/mol. The van der Waals surface area contributed by atoms with Gasteiger partial charge in [0.2, 0.25) is 0 Å². The number of hydrogen-bond acceptors (Lipinski definition) is 6. The van der Waals surface area contributed by atoms with Gasteiger partial charge < -0.3 is 14.4 Å². The molecule has 2 amide bonds. The molecule has 0 unspecified atom stereocenters. The van der Waals surface area contributed by atoms with E-state index in [9.17, 15) is 9.59 Å². The van der Waals surface area contributed by atoms with Gasteiger partial charge in [-0.2, -0.15) is 0 Å². The van der Waals surface area contributed by atoms with Crippen molar-refractivity contribution >= 4 is 46.0 Å². The fourth-order valence-electron chi connectivity index (χ4n) is 3.25. The van der Waals surface area contributed by atoms with Crippen LogP contribution in [0.1, 0.15) is 10.4 Å². The second-order valence-electron chi connectivity index (χ2n) is 6.50. The summed E-state index contributed by atoms with van der Waals surface area (Å²) in [6.07, 6.45) is 0. The Labute approximate surface area is 179 Å². The van der Waals surface area contributed by atoms with Crippen LogP contribution >= 0.6 is 22.9 Å². The summed E-state index contributed by atoms with van der Waals surface area (Å²) in [7, 11) is 3.21. The lowest BCUT2D eigenvalue weighted by molar-refractivity contribution is -0.120. The Morgan fingerprint density at radius 1 is 1.03 bits per heavy atom. The van der Waals surface area contributed by atoms with Gasteiger partial charge in [0.15, 0.2) is 0 Å². The molecule has 3 rings (SSSR count). The van der Waals surface area contributed by atoms with Crippen LogP contribution in [-0.2, 0) is 19.1 Å². The van der Waals surface area contributed by atoms with Crippen LogP contribution < -0.4 is 4.90 Å². The molecule has 0 saturated carbocycles. The van der Waals surface area contributed by atoms with Crippen molar-refractivity contribution < 1.29 is 19.1 Å². The summed E-state index contributed by atoms with van der Waals surface area (Å²) in [6.45, 7) is 3.57. The van der Waals surface area contributed by atoms with E-state index in [1.54, 1.807) is 39.3 Å². The summed E-state index contributed by atoms with van der Waals surface area (Å²) in [4.78, 5) is 30.8. The maximum atomic E-state index is 13.5. The Morgan fingerprint density at radius 2 is 1.72 bits per heavy atom. The molecule has 2 aromatic rings. The third-order valence-corrected chi connectivity index (χ3v) is 6.05. The largest absolute Gasteiger partial charge is 0.383 e. The van der Waals surface area contributed by atoms with Gasteiger partial charge in [-0.05, 0) is 36.1 Å². The molecule has 0 saturated heterocycles. The topological polar surface area (TPSA) is 59.1 Å². The highest BCUT2D eigenvalue weighted by molar-refractivity contribution is 7.11. The summed E-state index contributed by atoms with van der Waals surface area (Å²) in [5.41, 5.74) is 1.94. The van der Waals surface area contributed by atoms with E-state index in [0.29, 0.717) is 53.8 Å². The number of anilines is 1. The molecule has 8 heteroatoms. The van der Waals surface area contributed by atoms with E-state index in [2.05, 4.69) is 0 Å². The van der Waals surface area contributed by atoms with Gasteiger partial charge in [0.1, 0.15) is 5.70 Å². The second-order valence-corrected chi connectivity index (χ2v) is 7.86. The number of halogens is 1. The number of carbonyl (C=O) groups excluding carboxylic acids is 2. The van der Waals surface area contributed by atoms with Crippen molar-refractivity contribution in [2.24, 2.45) is 0 Å². The third kappa shape index (κ3) is 4.23. The fourth-order valence-corrected chi connectivity index (χ4v) is 4.18. The van der Waals surface area contributed by atoms with Crippen LogP contribution in [0.15, 0.2) is 41.4 Å². The fraction of sp³-hybridized carbons (Fsp3) is 0.333. The number of rotatable bonds is 9. The van der Waals surface area contributed by atoms with E-state index in [-0.39, 0.29) is 11.8 Å². The zero-order valence-electron chi connectivity index (χ0n) is 16.6. The van der Waals surface area contributed by atoms with E-state index < -0.39 is 0 Å². The van der Waals surface area contributed by atoms with E-state index >= 15 is 0 Å². The molecule has 6 nitrogen and oxygen atoms in total. The zero-order chi connectivity index (χ0) is 21.0. The highest BCUT2D eigenvalue weighted by Gasteiger charge is 2.43. The average Bonchev–Trinajstić information content (AvgIpc) is 3.31. The SMILES string of the molecule is COCCN(CCOC)C1=C(c2cccs2)C(=O)N(c2cccc(Cl)c2C)C1=O. The lowest BCUT2D eigenvalue weighted by Crippen LogP contribution is -2.38. The maximum Gasteiger partial charge on any atom is 0.282 e. The minimum atomic E-state index is -0.365. The number of benzene rings is 1. The minimum Gasteiger partial charge on any atom is -0.383 e. The van der Waals surface area contributed by atoms with Gasteiger partial charge in [-0.3, -0.25) is 9.59 Å². The number of carbonyl (C=O) groups is 2. The van der Waals surface area contributed by atoms with Crippen molar-refractivity contribution in [3.8, 4) is 0 Å². The lowest BCUT2D eigenvalue weighted by Gasteiger charge is -2.26. The molecule has 154 valence electrons. The first-order chi connectivity index (χ1) is 14.0. The molecule has 1 aliphatic heterocycles. The van der Waals surface area contributed by atoms with Gasteiger partial charge in [-0.25, -0.2) is 4.90 Å². The van der Waals surface area contributed by atoms with Crippen LogP contribution in [0.4, 0.5) is 5.69 Å². The summed E-state index contributed by atoms with van der Waals surface area (Å²) in [5.74, 6) is -0.714. The number of methoxy groups -OCH3 is 2. The third-order valence-electron chi connectivity index (χ3n) is 4.75. The van der Waals surface area contributed by atoms with Crippen molar-refractivity contribution in [2.45, 2.75) is 6.92 Å². The van der Waals surface area contributed by atoms with Crippen molar-refractivity contribution in [3.05, 3.63) is 56.9 Å². The Bertz CT molecular complexity index is 919. The predicted octanol–water partition coefficient (Wildman–Crippen LogP) is 3.59. The highest BCUT2D eigenvalue weighted by Crippen LogP contribution is 2.38. The van der Waals surface area contributed by atoms with Crippen LogP contribution in [0.3, 0.4) is 0 Å². The molecule has 0 N–H and O–H groups in total. The first-order valence-corrected chi connectivity index (χ1v) is 10.4. The Kier molecular flexibility index (Phi) is 7.08. The van der Waals surface area contributed by atoms with Crippen LogP contribution in [0.2, 0.25) is 5.02 Å². The first-order valence-electron chi connectivity index (χ1n) is 9.16. The molecule has 0 aliphatic carbocycles. The standard InChI is InChI=1S/C21H23ClN2O4S/c1-14-15(22)6-4-7-16(14)24-20(25)18(17-8-5-13-29-17)19(21(24)26)23(9-11-27-2)10-12-28-3/h4-8,13H,9-12H2,1-3H3. The van der Waals surface area contributed by atoms with Crippen LogP contribution in [0.5, 0.6) is 0 Å². The zero-order valence-corrected chi connectivity index (χ0v) is 18.2. The van der Waals surface area contributed by atoms with Crippen molar-refractivity contribution in [2.75, 3.05) is 45.4 Å². The molecule has 1 aliphatic rings. The van der Waals surface area contributed by atoms with Gasteiger partial charge in [0.05, 0.1) is 24.5 Å². The summed E-state index contributed by atoms with van der Waals surface area (Å²) < 4.78 is 10.4. The number of nitrogens with zero attached hydrogens (tertiary/aromatic N) is 2. The van der Waals surface area contributed by atoms with Crippen LogP contribution in [0, 0.1) is 6.92 Å². The quantitative estimate of drug-likeness (QED) is 0.564. The van der Waals surface area contributed by atoms with Crippen molar-refractivity contribution in [1.82, 2.24) is 4.90 Å². The number of imide groups is 1. The number of amides is 2. The maximum absolute atomic E-state index is 13.5. The van der Waals surface area contributed by atoms with E-state index in [0.717, 1.165) is 4.88 Å². The summed E-state index contributed by atoms with van der Waals surface area (Å²) >= 11 is 7.68. The minimum absolute atomic E-state index is 0.349. The highest BCUT2D eigenvalue weighted by atomic mass is 35.5. The lowest BCUT2D eigenvalue weighted by atomic mass is 10.1. The van der Waals surface area contributed by atoms with Gasteiger partial charge in [-0.1, -0.05) is 23.7 Å². The predicted molar refractivity (Wildman–Crippen MR) is 115 cm³/mol. The van der Waals surface area contributed by atoms with Gasteiger partial charge in [-0.15, -0.1) is 11.3 Å². The molecule has 0 fully saturated rings. The second kappa shape index (κ2) is 9.54. The normalized spacial score (nSPS) is 14.3. The smallest absolute Gasteiger partial charge is 0.282 e. The summed E-state index contributed by atoms with van der Waals surface area (Å²) in [6, 6.07) is 8.93. The van der Waals surface area contributed by atoms with Gasteiger partial charge >= 0.3 is 0 Å². The molecule has 29 heavy (non-hydrogen) atoms. The van der Waals surface area contributed by atoms with E-state index in [4.69, 9.17) is 21.1 Å². The number of hydrogen-bond donors (Lipinski definition) is 0. The Morgan fingerprint density at radius 3 is 2.31 bits per heavy atom. The number of thiophene rings is 1. The Balaban J connectivity index is 2.11. The molecule has 0 radical (unpaired) electrons. The van der Waals surface area contributed by atoms with Gasteiger partial charge in [0.25, 0.3) is 11.8 Å². The molecular formula is C21H23ClN2O4S. The molecule has 1 aromatic carbocycles. The molecule has 0 spiro atoms. The van der Waals surface area contributed by atoms with E-state index in [1.165, 1.54) is 16.2 Å². The van der Waals surface area contributed by atoms with Gasteiger partial charge in [0, 0.05) is 37.2 Å². The van der Waals surface area contributed by atoms with Crippen molar-refractivity contribution in [1.29, 1.82) is 0 Å². The van der Waals surface area contributed by atoms with E-state index in [1.807, 2.05) is 22.4 Å². The summed E-state index contributed by atoms with van der Waals surface area (Å²) in [5, 5.41) is 2.39. The monoisotopic (exact) mass is 434 g/mol. The Hall–Kier alpha value is -2.19.